The van der Waals surface area contributed by atoms with Crippen LogP contribution in [0.25, 0.3) is 0 Å². The van der Waals surface area contributed by atoms with Crippen LogP contribution in [-0.2, 0) is 9.53 Å². The average molecular weight is 266 g/mol. The van der Waals surface area contributed by atoms with Gasteiger partial charge in [-0.2, -0.15) is 0 Å². The Morgan fingerprint density at radius 1 is 1.26 bits per heavy atom. The first-order chi connectivity index (χ1) is 8.72. The third kappa shape index (κ3) is 1.84. The minimum Gasteiger partial charge on any atom is -0.458 e. The van der Waals surface area contributed by atoms with Crippen molar-refractivity contribution >= 4 is 5.97 Å². The van der Waals surface area contributed by atoms with Crippen LogP contribution in [0.2, 0.25) is 0 Å². The summed E-state index contributed by atoms with van der Waals surface area (Å²) in [6.07, 6.45) is 2.38. The van der Waals surface area contributed by atoms with Crippen LogP contribution in [0.5, 0.6) is 0 Å². The number of esters is 1. The first-order valence-electron chi connectivity index (χ1n) is 7.07. The molecule has 6 atom stereocenters. The highest BCUT2D eigenvalue weighted by Crippen LogP contribution is 2.54. The van der Waals surface area contributed by atoms with E-state index >= 15 is 0 Å². The van der Waals surface area contributed by atoms with Crippen molar-refractivity contribution in [2.24, 2.45) is 17.8 Å². The van der Waals surface area contributed by atoms with Crippen molar-refractivity contribution in [2.75, 3.05) is 0 Å². The molecular formula is C15H22O4. The Kier molecular flexibility index (Phi) is 2.64. The largest absolute Gasteiger partial charge is 0.458 e. The van der Waals surface area contributed by atoms with Crippen LogP contribution in [0.15, 0.2) is 12.2 Å². The van der Waals surface area contributed by atoms with Crippen molar-refractivity contribution in [2.45, 2.75) is 56.8 Å². The van der Waals surface area contributed by atoms with E-state index in [1.165, 1.54) is 0 Å². The quantitative estimate of drug-likeness (QED) is 0.514. The SMILES string of the molecule is C=C1C(=O)O[C@H]2C[C@@](C)(O)C3CC[C@@](C)(O)C3C[C@H]12. The molecule has 1 saturated heterocycles. The molecule has 0 aromatic carbocycles. The zero-order chi connectivity index (χ0) is 14.0. The first-order valence-corrected chi connectivity index (χ1v) is 7.07. The second-order valence-electron chi connectivity index (χ2n) is 6.98. The lowest BCUT2D eigenvalue weighted by molar-refractivity contribution is -0.142. The zero-order valence-electron chi connectivity index (χ0n) is 11.6. The molecule has 0 bridgehead atoms. The van der Waals surface area contributed by atoms with Crippen molar-refractivity contribution in [1.29, 1.82) is 0 Å². The van der Waals surface area contributed by atoms with Crippen LogP contribution in [0, 0.1) is 17.8 Å². The summed E-state index contributed by atoms with van der Waals surface area (Å²) in [4.78, 5) is 11.7. The molecule has 0 amide bonds. The minimum atomic E-state index is -0.893. The van der Waals surface area contributed by atoms with Crippen molar-refractivity contribution < 1.29 is 19.7 Å². The highest BCUT2D eigenvalue weighted by atomic mass is 16.6. The molecular weight excluding hydrogens is 244 g/mol. The smallest absolute Gasteiger partial charge is 0.334 e. The fraction of sp³-hybridized carbons (Fsp3) is 0.800. The summed E-state index contributed by atoms with van der Waals surface area (Å²) in [7, 11) is 0. The summed E-state index contributed by atoms with van der Waals surface area (Å²) in [5.41, 5.74) is -1.16. The van der Waals surface area contributed by atoms with Crippen LogP contribution in [0.3, 0.4) is 0 Å². The van der Waals surface area contributed by atoms with E-state index in [-0.39, 0.29) is 29.8 Å². The van der Waals surface area contributed by atoms with Crippen LogP contribution >= 0.6 is 0 Å². The molecule has 3 aliphatic rings. The number of rotatable bonds is 0. The van der Waals surface area contributed by atoms with E-state index in [1.807, 2.05) is 13.8 Å². The van der Waals surface area contributed by atoms with Gasteiger partial charge in [-0.05, 0) is 44.9 Å². The lowest BCUT2D eigenvalue weighted by Gasteiger charge is -2.35. The highest BCUT2D eigenvalue weighted by Gasteiger charge is 2.57. The van der Waals surface area contributed by atoms with E-state index in [2.05, 4.69) is 6.58 Å². The number of hydrogen-bond acceptors (Lipinski definition) is 4. The van der Waals surface area contributed by atoms with Gasteiger partial charge in [0.15, 0.2) is 0 Å². The normalized spacial score (nSPS) is 53.5. The molecule has 106 valence electrons. The molecule has 0 radical (unpaired) electrons. The Labute approximate surface area is 113 Å². The van der Waals surface area contributed by atoms with E-state index < -0.39 is 11.2 Å². The maximum atomic E-state index is 11.7. The van der Waals surface area contributed by atoms with Crippen molar-refractivity contribution in [1.82, 2.24) is 0 Å². The summed E-state index contributed by atoms with van der Waals surface area (Å²) < 4.78 is 5.35. The van der Waals surface area contributed by atoms with Crippen molar-refractivity contribution in [3.63, 3.8) is 0 Å². The van der Waals surface area contributed by atoms with Crippen molar-refractivity contribution in [3.05, 3.63) is 12.2 Å². The fourth-order valence-corrected chi connectivity index (χ4v) is 4.41. The standard InChI is InChI=1S/C15H22O4/c1-8-9-6-11-10(4-5-14(11,2)17)15(3,18)7-12(9)19-13(8)16/h9-12,17-18H,1,4-7H2,2-3H3/t9-,10?,11?,12+,14-,15-/m1/s1. The van der Waals surface area contributed by atoms with E-state index in [9.17, 15) is 15.0 Å². The molecule has 1 heterocycles. The highest BCUT2D eigenvalue weighted by molar-refractivity contribution is 5.90. The third-order valence-corrected chi connectivity index (χ3v) is 5.58. The minimum absolute atomic E-state index is 0.00347. The summed E-state index contributed by atoms with van der Waals surface area (Å²) in [6.45, 7) is 7.48. The van der Waals surface area contributed by atoms with Gasteiger partial charge in [-0.15, -0.1) is 0 Å². The van der Waals surface area contributed by atoms with Crippen LogP contribution in [0.1, 0.15) is 39.5 Å². The van der Waals surface area contributed by atoms with Gasteiger partial charge >= 0.3 is 5.97 Å². The van der Waals surface area contributed by atoms with Gasteiger partial charge in [-0.25, -0.2) is 4.79 Å². The van der Waals surface area contributed by atoms with E-state index in [1.54, 1.807) is 0 Å². The Morgan fingerprint density at radius 2 is 1.95 bits per heavy atom. The van der Waals surface area contributed by atoms with Crippen LogP contribution in [-0.4, -0.2) is 33.5 Å². The maximum absolute atomic E-state index is 11.7. The van der Waals surface area contributed by atoms with Gasteiger partial charge in [0, 0.05) is 17.9 Å². The number of fused-ring (bicyclic) bond motifs is 2. The second-order valence-corrected chi connectivity index (χ2v) is 6.98. The Morgan fingerprint density at radius 3 is 2.63 bits per heavy atom. The van der Waals surface area contributed by atoms with Gasteiger partial charge in [0.25, 0.3) is 0 Å². The molecule has 2 unspecified atom stereocenters. The molecule has 3 fully saturated rings. The predicted molar refractivity (Wildman–Crippen MR) is 69.2 cm³/mol. The molecule has 2 saturated carbocycles. The van der Waals surface area contributed by atoms with Gasteiger partial charge < -0.3 is 14.9 Å². The number of aliphatic hydroxyl groups is 2. The molecule has 4 heteroatoms. The van der Waals surface area contributed by atoms with Gasteiger partial charge in [-0.1, -0.05) is 6.58 Å². The Bertz CT molecular complexity index is 437. The molecule has 1 aliphatic heterocycles. The summed E-state index contributed by atoms with van der Waals surface area (Å²) in [6, 6.07) is 0. The first kappa shape index (κ1) is 13.1. The summed E-state index contributed by atoms with van der Waals surface area (Å²) in [5.74, 6) is -0.330. The molecule has 3 rings (SSSR count). The predicted octanol–water partition coefficient (Wildman–Crippen LogP) is 1.41. The van der Waals surface area contributed by atoms with Gasteiger partial charge in [0.05, 0.1) is 11.2 Å². The van der Waals surface area contributed by atoms with Gasteiger partial charge in [-0.3, -0.25) is 0 Å². The molecule has 0 aromatic heterocycles. The van der Waals surface area contributed by atoms with Crippen LogP contribution < -0.4 is 0 Å². The molecule has 2 aliphatic carbocycles. The lowest BCUT2D eigenvalue weighted by atomic mass is 9.76. The van der Waals surface area contributed by atoms with Gasteiger partial charge in [0.2, 0.25) is 0 Å². The molecule has 2 N–H and O–H groups in total. The maximum Gasteiger partial charge on any atom is 0.334 e. The molecule has 0 spiro atoms. The lowest BCUT2D eigenvalue weighted by Crippen LogP contribution is -2.41. The second kappa shape index (κ2) is 3.83. The van der Waals surface area contributed by atoms with Crippen LogP contribution in [0.4, 0.5) is 0 Å². The zero-order valence-corrected chi connectivity index (χ0v) is 11.6. The van der Waals surface area contributed by atoms with E-state index in [4.69, 9.17) is 4.74 Å². The average Bonchev–Trinajstić information content (AvgIpc) is 2.66. The number of ether oxygens (including phenoxy) is 1. The Hall–Kier alpha value is -0.870. The van der Waals surface area contributed by atoms with E-state index in [0.717, 1.165) is 6.42 Å². The summed E-state index contributed by atoms with van der Waals surface area (Å²) >= 11 is 0. The number of hydrogen-bond donors (Lipinski definition) is 2. The summed E-state index contributed by atoms with van der Waals surface area (Å²) in [5, 5.41) is 21.3. The number of carbonyl (C=O) groups excluding carboxylic acids is 1. The monoisotopic (exact) mass is 266 g/mol. The van der Waals surface area contributed by atoms with Crippen molar-refractivity contribution in [3.8, 4) is 0 Å². The topological polar surface area (TPSA) is 66.8 Å². The molecule has 0 aromatic rings. The molecule has 19 heavy (non-hydrogen) atoms. The fourth-order valence-electron chi connectivity index (χ4n) is 4.41. The van der Waals surface area contributed by atoms with E-state index in [0.29, 0.717) is 24.8 Å². The number of carbonyl (C=O) groups is 1. The Balaban J connectivity index is 1.98. The van der Waals surface area contributed by atoms with Gasteiger partial charge in [0.1, 0.15) is 6.10 Å². The third-order valence-electron chi connectivity index (χ3n) is 5.58. The molecule has 4 nitrogen and oxygen atoms in total.